The molecule has 30 heavy (non-hydrogen) atoms. The molecule has 2 aliphatic rings. The second kappa shape index (κ2) is 9.73. The van der Waals surface area contributed by atoms with Gasteiger partial charge >= 0.3 is 0 Å². The fourth-order valence-corrected chi connectivity index (χ4v) is 6.23. The van der Waals surface area contributed by atoms with Crippen LogP contribution in [0.4, 0.5) is 0 Å². The van der Waals surface area contributed by atoms with E-state index in [-0.39, 0.29) is 23.3 Å². The number of nitrogens with one attached hydrogen (secondary N) is 1. The van der Waals surface area contributed by atoms with Gasteiger partial charge in [0.15, 0.2) is 0 Å². The van der Waals surface area contributed by atoms with Gasteiger partial charge in [0.25, 0.3) is 10.2 Å². The zero-order valence-electron chi connectivity index (χ0n) is 17.0. The molecule has 2 aliphatic heterocycles. The predicted molar refractivity (Wildman–Crippen MR) is 113 cm³/mol. The van der Waals surface area contributed by atoms with E-state index in [0.717, 1.165) is 24.8 Å². The normalized spacial score (nSPS) is 22.0. The van der Waals surface area contributed by atoms with Crippen LogP contribution in [0.1, 0.15) is 37.7 Å². The van der Waals surface area contributed by atoms with Gasteiger partial charge in [0.1, 0.15) is 0 Å². The number of sulfonamides is 1. The van der Waals surface area contributed by atoms with E-state index in [1.807, 2.05) is 0 Å². The van der Waals surface area contributed by atoms with Gasteiger partial charge in [0.05, 0.1) is 10.8 Å². The zero-order valence-corrected chi connectivity index (χ0v) is 18.6. The van der Waals surface area contributed by atoms with Crippen molar-refractivity contribution in [2.24, 2.45) is 11.1 Å². The SMILES string of the molecule is NS(=O)(=O)c1ccc(CCNC(=O)[C@H]2CCCN(S(=O)(=O)N3CCCCC3)C2)cc1. The number of rotatable bonds is 7. The fourth-order valence-electron chi connectivity index (χ4n) is 3.95. The van der Waals surface area contributed by atoms with Crippen LogP contribution in [0.5, 0.6) is 0 Å². The average molecular weight is 459 g/mol. The van der Waals surface area contributed by atoms with E-state index in [0.29, 0.717) is 45.4 Å². The summed E-state index contributed by atoms with van der Waals surface area (Å²) >= 11 is 0. The van der Waals surface area contributed by atoms with Gasteiger partial charge in [-0.2, -0.15) is 17.0 Å². The Hall–Kier alpha value is -1.53. The molecule has 0 aromatic heterocycles. The molecule has 1 aromatic rings. The Morgan fingerprint density at radius 2 is 1.60 bits per heavy atom. The van der Waals surface area contributed by atoms with Crippen LogP contribution < -0.4 is 10.5 Å². The molecular formula is C19H30N4O5S2. The van der Waals surface area contributed by atoms with Crippen LogP contribution in [0.15, 0.2) is 29.2 Å². The topological polar surface area (TPSA) is 130 Å². The Labute approximate surface area is 178 Å². The van der Waals surface area contributed by atoms with E-state index in [9.17, 15) is 21.6 Å². The highest BCUT2D eigenvalue weighted by molar-refractivity contribution is 7.89. The van der Waals surface area contributed by atoms with Gasteiger partial charge in [0, 0.05) is 32.7 Å². The van der Waals surface area contributed by atoms with Gasteiger partial charge in [-0.15, -0.1) is 0 Å². The molecule has 2 heterocycles. The zero-order chi connectivity index (χ0) is 21.8. The van der Waals surface area contributed by atoms with Crippen LogP contribution in [0.25, 0.3) is 0 Å². The van der Waals surface area contributed by atoms with E-state index in [2.05, 4.69) is 5.32 Å². The van der Waals surface area contributed by atoms with Crippen molar-refractivity contribution in [1.82, 2.24) is 13.9 Å². The maximum atomic E-state index is 12.9. The number of amides is 1. The third-order valence-corrected chi connectivity index (χ3v) is 8.62. The summed E-state index contributed by atoms with van der Waals surface area (Å²) in [6, 6.07) is 6.22. The lowest BCUT2D eigenvalue weighted by Gasteiger charge is -2.36. The van der Waals surface area contributed by atoms with Gasteiger partial charge in [0.2, 0.25) is 15.9 Å². The van der Waals surface area contributed by atoms with E-state index in [1.54, 1.807) is 16.4 Å². The van der Waals surface area contributed by atoms with Gasteiger partial charge in [-0.3, -0.25) is 4.79 Å². The van der Waals surface area contributed by atoms with Crippen molar-refractivity contribution < 1.29 is 21.6 Å². The van der Waals surface area contributed by atoms with Crippen LogP contribution in [-0.4, -0.2) is 64.1 Å². The standard InChI is InChI=1S/C19H30N4O5S2/c20-29(25,26)18-8-6-16(7-9-18)10-11-21-19(24)17-5-4-14-23(15-17)30(27,28)22-12-2-1-3-13-22/h6-9,17H,1-5,10-15H2,(H,21,24)(H2,20,25,26)/t17-/m0/s1. The summed E-state index contributed by atoms with van der Waals surface area (Å²) in [5.74, 6) is -0.502. The molecule has 1 amide bonds. The summed E-state index contributed by atoms with van der Waals surface area (Å²) in [5.41, 5.74) is 0.876. The molecule has 0 spiro atoms. The number of hydrogen-bond acceptors (Lipinski definition) is 5. The van der Waals surface area contributed by atoms with Crippen LogP contribution >= 0.6 is 0 Å². The molecule has 3 rings (SSSR count). The van der Waals surface area contributed by atoms with Crippen molar-refractivity contribution in [2.45, 2.75) is 43.4 Å². The smallest absolute Gasteiger partial charge is 0.281 e. The first-order valence-electron chi connectivity index (χ1n) is 10.3. The molecule has 3 N–H and O–H groups in total. The van der Waals surface area contributed by atoms with Crippen molar-refractivity contribution in [2.75, 3.05) is 32.7 Å². The Kier molecular flexibility index (Phi) is 7.51. The maximum absolute atomic E-state index is 12.9. The van der Waals surface area contributed by atoms with Crippen LogP contribution in [0.2, 0.25) is 0 Å². The summed E-state index contributed by atoms with van der Waals surface area (Å²) < 4.78 is 51.3. The Morgan fingerprint density at radius 1 is 0.967 bits per heavy atom. The maximum Gasteiger partial charge on any atom is 0.281 e. The number of benzene rings is 1. The molecule has 0 aliphatic carbocycles. The molecule has 0 unspecified atom stereocenters. The highest BCUT2D eigenvalue weighted by Gasteiger charge is 2.36. The first-order valence-corrected chi connectivity index (χ1v) is 13.3. The van der Waals surface area contributed by atoms with Gasteiger partial charge in [-0.05, 0) is 49.8 Å². The summed E-state index contributed by atoms with van der Waals surface area (Å²) in [6.07, 6.45) is 4.70. The molecule has 11 heteroatoms. The number of carbonyl (C=O) groups excluding carboxylic acids is 1. The Balaban J connectivity index is 1.50. The molecule has 0 saturated carbocycles. The first-order chi connectivity index (χ1) is 14.2. The van der Waals surface area contributed by atoms with E-state index in [1.165, 1.54) is 16.4 Å². The molecule has 0 radical (unpaired) electrons. The van der Waals surface area contributed by atoms with Gasteiger partial charge in [-0.1, -0.05) is 18.6 Å². The molecule has 1 aromatic carbocycles. The van der Waals surface area contributed by atoms with Crippen molar-refractivity contribution in [3.05, 3.63) is 29.8 Å². The molecule has 1 atom stereocenters. The lowest BCUT2D eigenvalue weighted by atomic mass is 9.99. The predicted octanol–water partition coefficient (Wildman–Crippen LogP) is 0.435. The average Bonchev–Trinajstić information content (AvgIpc) is 2.74. The molecule has 9 nitrogen and oxygen atoms in total. The van der Waals surface area contributed by atoms with Gasteiger partial charge < -0.3 is 5.32 Å². The lowest BCUT2D eigenvalue weighted by Crippen LogP contribution is -2.51. The third-order valence-electron chi connectivity index (χ3n) is 5.69. The number of carbonyl (C=O) groups is 1. The largest absolute Gasteiger partial charge is 0.355 e. The first kappa shape index (κ1) is 23.1. The molecule has 0 bridgehead atoms. The molecular weight excluding hydrogens is 428 g/mol. The van der Waals surface area contributed by atoms with Gasteiger partial charge in [-0.25, -0.2) is 13.6 Å². The van der Waals surface area contributed by atoms with Crippen molar-refractivity contribution in [3.8, 4) is 0 Å². The quantitative estimate of drug-likeness (QED) is 0.612. The molecule has 2 saturated heterocycles. The van der Waals surface area contributed by atoms with Crippen molar-refractivity contribution in [3.63, 3.8) is 0 Å². The molecule has 168 valence electrons. The van der Waals surface area contributed by atoms with Crippen molar-refractivity contribution in [1.29, 1.82) is 0 Å². The minimum atomic E-state index is -3.72. The highest BCUT2D eigenvalue weighted by atomic mass is 32.2. The number of piperidine rings is 2. The number of hydrogen-bond donors (Lipinski definition) is 2. The summed E-state index contributed by atoms with van der Waals surface area (Å²) in [7, 11) is -7.22. The lowest BCUT2D eigenvalue weighted by molar-refractivity contribution is -0.126. The molecule has 2 fully saturated rings. The Bertz CT molecular complexity index is 942. The summed E-state index contributed by atoms with van der Waals surface area (Å²) in [4.78, 5) is 12.6. The van der Waals surface area contributed by atoms with Crippen molar-refractivity contribution >= 4 is 26.1 Å². The Morgan fingerprint density at radius 3 is 2.23 bits per heavy atom. The summed E-state index contributed by atoms with van der Waals surface area (Å²) in [6.45, 7) is 2.18. The number of primary sulfonamides is 1. The monoisotopic (exact) mass is 458 g/mol. The van der Waals surface area contributed by atoms with E-state index >= 15 is 0 Å². The highest BCUT2D eigenvalue weighted by Crippen LogP contribution is 2.23. The van der Waals surface area contributed by atoms with Crippen LogP contribution in [0.3, 0.4) is 0 Å². The van der Waals surface area contributed by atoms with E-state index in [4.69, 9.17) is 5.14 Å². The van der Waals surface area contributed by atoms with Crippen LogP contribution in [-0.2, 0) is 31.4 Å². The number of nitrogens with zero attached hydrogens (tertiary/aromatic N) is 2. The number of nitrogens with two attached hydrogens (primary N) is 1. The second-order valence-corrected chi connectivity index (χ2v) is 11.4. The minimum Gasteiger partial charge on any atom is -0.355 e. The van der Waals surface area contributed by atoms with Crippen LogP contribution in [0, 0.1) is 5.92 Å². The summed E-state index contributed by atoms with van der Waals surface area (Å²) in [5, 5.41) is 7.96. The van der Waals surface area contributed by atoms with E-state index < -0.39 is 20.2 Å². The third kappa shape index (κ3) is 5.79. The minimum absolute atomic E-state index is 0.0486. The second-order valence-electron chi connectivity index (χ2n) is 7.89. The fraction of sp³-hybridized carbons (Fsp3) is 0.632.